The summed E-state index contributed by atoms with van der Waals surface area (Å²) >= 11 is 5.52. The first-order chi connectivity index (χ1) is 17.8. The van der Waals surface area contributed by atoms with E-state index in [4.69, 9.17) is 22.3 Å². The molecule has 0 radical (unpaired) electrons. The lowest BCUT2D eigenvalue weighted by atomic mass is 10.1. The quantitative estimate of drug-likeness (QED) is 0.0645. The fraction of sp³-hybridized carbons (Fsp3) is 0.650. The Bertz CT molecular complexity index is 878. The van der Waals surface area contributed by atoms with Gasteiger partial charge in [0.05, 0.1) is 19.1 Å². The van der Waals surface area contributed by atoms with Gasteiger partial charge in [-0.25, -0.2) is 4.79 Å². The Morgan fingerprint density at radius 2 is 1.29 bits per heavy atom. The van der Waals surface area contributed by atoms with Crippen LogP contribution in [0.4, 0.5) is 0 Å². The third kappa shape index (κ3) is 13.5. The normalized spacial score (nSPS) is 14.6. The van der Waals surface area contributed by atoms with Gasteiger partial charge in [-0.1, -0.05) is 0 Å². The molecule has 0 saturated heterocycles. The molecule has 0 saturated carbocycles. The number of aliphatic hydroxyl groups is 1. The van der Waals surface area contributed by atoms with E-state index >= 15 is 0 Å². The molecular weight excluding hydrogens is 546 g/mol. The molecule has 38 heavy (non-hydrogen) atoms. The molecule has 0 aromatic heterocycles. The predicted molar refractivity (Wildman–Crippen MR) is 140 cm³/mol. The van der Waals surface area contributed by atoms with Crippen LogP contribution < -0.4 is 38.5 Å². The number of aliphatic carboxylic acids is 1. The van der Waals surface area contributed by atoms with Gasteiger partial charge in [-0.3, -0.25) is 28.8 Å². The molecule has 0 aliphatic heterocycles. The molecule has 0 aliphatic rings. The Kier molecular flexibility index (Phi) is 16.7. The van der Waals surface area contributed by atoms with Crippen LogP contribution in [0.2, 0.25) is 0 Å². The number of rotatable bonds is 19. The standard InChI is InChI=1S/C20H35N7O9S2/c1-38-5-4-9(21)16(31)27-13(8-37)19(34)24-10(2-3-14(22)29)17(32)26-12(7-28)18(33)25-11(20(35)36)6-15(23)30/h9-13,28,37H,2-8,21H2,1H3,(H2,22,29)(H2,23,30)(H,24,34)(H,25,33)(H,26,32)(H,27,31)(H,35,36)/t9-,10-,11-,12-,13-/m0/s1. The average Bonchev–Trinajstić information content (AvgIpc) is 2.84. The molecule has 0 aromatic rings. The summed E-state index contributed by atoms with van der Waals surface area (Å²) in [5, 5.41) is 27.5. The first-order valence-corrected chi connectivity index (χ1v) is 13.3. The Balaban J connectivity index is 5.50. The average molecular weight is 582 g/mol. The molecule has 216 valence electrons. The number of carbonyl (C=O) groups is 7. The van der Waals surface area contributed by atoms with E-state index < -0.39 is 84.6 Å². The number of thiol groups is 1. The predicted octanol–water partition coefficient (Wildman–Crippen LogP) is -4.85. The van der Waals surface area contributed by atoms with Crippen LogP contribution in [0.25, 0.3) is 0 Å². The van der Waals surface area contributed by atoms with Gasteiger partial charge in [0, 0.05) is 12.2 Å². The lowest BCUT2D eigenvalue weighted by Crippen LogP contribution is -2.59. The highest BCUT2D eigenvalue weighted by molar-refractivity contribution is 7.98. The largest absolute Gasteiger partial charge is 0.480 e. The van der Waals surface area contributed by atoms with Crippen LogP contribution in [0.3, 0.4) is 0 Å². The Morgan fingerprint density at radius 3 is 1.76 bits per heavy atom. The molecular formula is C20H35N7O9S2. The highest BCUT2D eigenvalue weighted by Crippen LogP contribution is 2.03. The maximum atomic E-state index is 12.8. The smallest absolute Gasteiger partial charge is 0.326 e. The van der Waals surface area contributed by atoms with Crippen LogP contribution in [-0.4, -0.2) is 106 Å². The summed E-state index contributed by atoms with van der Waals surface area (Å²) < 4.78 is 0. The maximum absolute atomic E-state index is 12.8. The lowest BCUT2D eigenvalue weighted by molar-refractivity contribution is -0.144. The summed E-state index contributed by atoms with van der Waals surface area (Å²) in [6.07, 6.45) is 0.771. The monoisotopic (exact) mass is 581 g/mol. The molecule has 0 fully saturated rings. The van der Waals surface area contributed by atoms with Gasteiger partial charge >= 0.3 is 5.97 Å². The second-order valence-electron chi connectivity index (χ2n) is 8.01. The first kappa shape index (κ1) is 34.9. The van der Waals surface area contributed by atoms with Crippen LogP contribution in [0.1, 0.15) is 25.7 Å². The third-order valence-electron chi connectivity index (χ3n) is 4.93. The van der Waals surface area contributed by atoms with Crippen LogP contribution in [0.5, 0.6) is 0 Å². The number of nitrogens with two attached hydrogens (primary N) is 3. The van der Waals surface area contributed by atoms with E-state index in [1.54, 1.807) is 0 Å². The fourth-order valence-corrected chi connectivity index (χ4v) is 3.56. The molecule has 6 amide bonds. The van der Waals surface area contributed by atoms with Gasteiger partial charge in [0.1, 0.15) is 24.2 Å². The van der Waals surface area contributed by atoms with Crippen LogP contribution in [-0.2, 0) is 33.6 Å². The highest BCUT2D eigenvalue weighted by atomic mass is 32.2. The summed E-state index contributed by atoms with van der Waals surface area (Å²) in [4.78, 5) is 83.8. The molecule has 5 atom stereocenters. The van der Waals surface area contributed by atoms with Crippen LogP contribution in [0.15, 0.2) is 0 Å². The number of aliphatic hydroxyl groups excluding tert-OH is 1. The SMILES string of the molecule is CSCC[C@H](N)C(=O)N[C@@H](CS)C(=O)N[C@@H](CCC(N)=O)C(=O)N[C@@H](CO)C(=O)N[C@@H](CC(N)=O)C(=O)O. The minimum Gasteiger partial charge on any atom is -0.480 e. The van der Waals surface area contributed by atoms with Gasteiger partial charge in [-0.2, -0.15) is 24.4 Å². The Labute approximate surface area is 228 Å². The van der Waals surface area contributed by atoms with Crippen molar-refractivity contribution in [2.45, 2.75) is 55.9 Å². The molecule has 0 unspecified atom stereocenters. The lowest BCUT2D eigenvalue weighted by Gasteiger charge is -2.25. The van der Waals surface area contributed by atoms with Crippen molar-refractivity contribution in [1.29, 1.82) is 0 Å². The van der Waals surface area contributed by atoms with E-state index in [1.165, 1.54) is 11.8 Å². The molecule has 16 nitrogen and oxygen atoms in total. The van der Waals surface area contributed by atoms with E-state index in [1.807, 2.05) is 11.6 Å². The van der Waals surface area contributed by atoms with E-state index in [0.717, 1.165) is 0 Å². The zero-order chi connectivity index (χ0) is 29.4. The number of amides is 6. The first-order valence-electron chi connectivity index (χ1n) is 11.2. The summed E-state index contributed by atoms with van der Waals surface area (Å²) in [5.74, 6) is -6.63. The van der Waals surface area contributed by atoms with Crippen molar-refractivity contribution in [1.82, 2.24) is 21.3 Å². The third-order valence-corrected chi connectivity index (χ3v) is 5.94. The summed E-state index contributed by atoms with van der Waals surface area (Å²) in [7, 11) is 0. The van der Waals surface area contributed by atoms with Crippen molar-refractivity contribution in [3.8, 4) is 0 Å². The molecule has 0 rings (SSSR count). The molecule has 0 spiro atoms. The Morgan fingerprint density at radius 1 is 0.789 bits per heavy atom. The maximum Gasteiger partial charge on any atom is 0.326 e. The fourth-order valence-electron chi connectivity index (χ4n) is 2.82. The summed E-state index contributed by atoms with van der Waals surface area (Å²) in [5.41, 5.74) is 15.9. The van der Waals surface area contributed by atoms with Crippen molar-refractivity contribution in [2.24, 2.45) is 17.2 Å². The minimum atomic E-state index is -1.72. The summed E-state index contributed by atoms with van der Waals surface area (Å²) in [6, 6.07) is -6.97. The van der Waals surface area contributed by atoms with E-state index in [2.05, 4.69) is 28.6 Å². The molecule has 0 aliphatic carbocycles. The molecule has 0 heterocycles. The van der Waals surface area contributed by atoms with Gasteiger partial charge in [0.15, 0.2) is 0 Å². The van der Waals surface area contributed by atoms with E-state index in [9.17, 15) is 38.7 Å². The van der Waals surface area contributed by atoms with Crippen molar-refractivity contribution in [3.05, 3.63) is 0 Å². The molecule has 0 bridgehead atoms. The van der Waals surface area contributed by atoms with Crippen LogP contribution in [0, 0.1) is 0 Å². The topological polar surface area (TPSA) is 286 Å². The highest BCUT2D eigenvalue weighted by Gasteiger charge is 2.31. The molecule has 0 aromatic carbocycles. The number of primary amides is 2. The number of thioether (sulfide) groups is 1. The number of carbonyl (C=O) groups excluding carboxylic acids is 6. The van der Waals surface area contributed by atoms with Crippen molar-refractivity contribution in [3.63, 3.8) is 0 Å². The second kappa shape index (κ2) is 18.2. The van der Waals surface area contributed by atoms with Crippen molar-refractivity contribution >= 4 is 65.8 Å². The van der Waals surface area contributed by atoms with Crippen molar-refractivity contribution in [2.75, 3.05) is 24.4 Å². The second-order valence-corrected chi connectivity index (χ2v) is 9.36. The number of carboxylic acids is 1. The van der Waals surface area contributed by atoms with Gasteiger partial charge in [0.25, 0.3) is 0 Å². The zero-order valence-corrected chi connectivity index (χ0v) is 22.4. The number of carboxylic acid groups (broad SMARTS) is 1. The van der Waals surface area contributed by atoms with Gasteiger partial charge in [-0.15, -0.1) is 0 Å². The van der Waals surface area contributed by atoms with E-state index in [-0.39, 0.29) is 18.6 Å². The number of nitrogens with one attached hydrogen (secondary N) is 4. The molecule has 12 N–H and O–H groups in total. The van der Waals surface area contributed by atoms with Crippen LogP contribution >= 0.6 is 24.4 Å². The van der Waals surface area contributed by atoms with E-state index in [0.29, 0.717) is 12.2 Å². The summed E-state index contributed by atoms with van der Waals surface area (Å²) in [6.45, 7) is -0.986. The van der Waals surface area contributed by atoms with Gasteiger partial charge in [-0.05, 0) is 24.9 Å². The minimum absolute atomic E-state index is 0.172. The van der Waals surface area contributed by atoms with Gasteiger partial charge < -0.3 is 48.7 Å². The Hall–Kier alpha value is -3.09. The van der Waals surface area contributed by atoms with Crippen molar-refractivity contribution < 1.29 is 43.8 Å². The number of hydrogen-bond acceptors (Lipinski definition) is 11. The number of hydrogen-bond donors (Lipinski definition) is 10. The molecule has 18 heteroatoms. The zero-order valence-electron chi connectivity index (χ0n) is 20.7. The van der Waals surface area contributed by atoms with Gasteiger partial charge in [0.2, 0.25) is 35.4 Å².